The molecule has 8 heteroatoms. The summed E-state index contributed by atoms with van der Waals surface area (Å²) in [4.78, 5) is 12.7. The molecule has 0 radical (unpaired) electrons. The fraction of sp³-hybridized carbons (Fsp3) is 0.350. The van der Waals surface area contributed by atoms with E-state index < -0.39 is 21.8 Å². The van der Waals surface area contributed by atoms with Crippen LogP contribution in [0.3, 0.4) is 0 Å². The molecule has 6 nitrogen and oxygen atoms in total. The molecule has 1 atom stereocenters. The minimum absolute atomic E-state index is 0.0272. The first-order valence-electron chi connectivity index (χ1n) is 9.19. The maximum Gasteiger partial charge on any atom is 0.243 e. The molecular weight excluding hydrogens is 383 g/mol. The maximum absolute atomic E-state index is 13.1. The van der Waals surface area contributed by atoms with Crippen molar-refractivity contribution in [3.05, 3.63) is 54.3 Å². The standard InChI is InChI=1S/C20H23FN2O4S/c1-2-27-18-7-3-6-17(13-18)22-20(24)15-5-4-12-23(14-15)28(25,26)19-10-8-16(21)9-11-19/h3,6-11,13,15H,2,4-5,12,14H2,1H3,(H,22,24). The first-order chi connectivity index (χ1) is 13.4. The number of nitrogens with zero attached hydrogens (tertiary/aromatic N) is 1. The van der Waals surface area contributed by atoms with Crippen molar-refractivity contribution >= 4 is 21.6 Å². The zero-order chi connectivity index (χ0) is 20.1. The van der Waals surface area contributed by atoms with Gasteiger partial charge in [-0.1, -0.05) is 6.07 Å². The van der Waals surface area contributed by atoms with Crippen molar-refractivity contribution in [2.75, 3.05) is 25.0 Å². The lowest BCUT2D eigenvalue weighted by Crippen LogP contribution is -2.43. The Morgan fingerprint density at radius 1 is 1.25 bits per heavy atom. The van der Waals surface area contributed by atoms with Crippen molar-refractivity contribution in [2.24, 2.45) is 5.92 Å². The molecule has 1 N–H and O–H groups in total. The Labute approximate surface area is 164 Å². The van der Waals surface area contributed by atoms with E-state index in [4.69, 9.17) is 4.74 Å². The van der Waals surface area contributed by atoms with E-state index >= 15 is 0 Å². The Balaban J connectivity index is 1.69. The number of rotatable bonds is 6. The maximum atomic E-state index is 13.1. The van der Waals surface area contributed by atoms with Gasteiger partial charge in [0.1, 0.15) is 11.6 Å². The van der Waals surface area contributed by atoms with Crippen molar-refractivity contribution in [3.63, 3.8) is 0 Å². The van der Waals surface area contributed by atoms with Crippen molar-refractivity contribution < 1.29 is 22.3 Å². The van der Waals surface area contributed by atoms with Crippen LogP contribution in [0.4, 0.5) is 10.1 Å². The zero-order valence-corrected chi connectivity index (χ0v) is 16.4. The molecule has 1 amide bonds. The van der Waals surface area contributed by atoms with Crippen LogP contribution in [0.2, 0.25) is 0 Å². The van der Waals surface area contributed by atoms with E-state index in [1.165, 1.54) is 16.4 Å². The number of anilines is 1. The highest BCUT2D eigenvalue weighted by atomic mass is 32.2. The lowest BCUT2D eigenvalue weighted by atomic mass is 9.98. The van der Waals surface area contributed by atoms with Gasteiger partial charge in [-0.15, -0.1) is 0 Å². The van der Waals surface area contributed by atoms with Gasteiger partial charge in [-0.2, -0.15) is 4.31 Å². The molecule has 0 bridgehead atoms. The van der Waals surface area contributed by atoms with Crippen LogP contribution in [0.5, 0.6) is 5.75 Å². The predicted octanol–water partition coefficient (Wildman–Crippen LogP) is 3.26. The Hall–Kier alpha value is -2.45. The molecule has 0 aromatic heterocycles. The average molecular weight is 406 g/mol. The van der Waals surface area contributed by atoms with Gasteiger partial charge in [0, 0.05) is 24.8 Å². The summed E-state index contributed by atoms with van der Waals surface area (Å²) in [7, 11) is -3.77. The SMILES string of the molecule is CCOc1cccc(NC(=O)C2CCCN(S(=O)(=O)c3ccc(F)cc3)C2)c1. The second-order valence-corrected chi connectivity index (χ2v) is 8.54. The third-order valence-corrected chi connectivity index (χ3v) is 6.50. The van der Waals surface area contributed by atoms with Crippen molar-refractivity contribution in [3.8, 4) is 5.75 Å². The summed E-state index contributed by atoms with van der Waals surface area (Å²) in [5.41, 5.74) is 0.606. The second kappa shape index (κ2) is 8.70. The minimum atomic E-state index is -3.77. The number of halogens is 1. The molecular formula is C20H23FN2O4S. The van der Waals surface area contributed by atoms with Crippen LogP contribution >= 0.6 is 0 Å². The molecule has 150 valence electrons. The third kappa shape index (κ3) is 4.69. The fourth-order valence-corrected chi connectivity index (χ4v) is 4.73. The van der Waals surface area contributed by atoms with Crippen LogP contribution in [-0.4, -0.2) is 38.3 Å². The van der Waals surface area contributed by atoms with Crippen LogP contribution < -0.4 is 10.1 Å². The Morgan fingerprint density at radius 3 is 2.71 bits per heavy atom. The first-order valence-corrected chi connectivity index (χ1v) is 10.6. The van der Waals surface area contributed by atoms with Crippen molar-refractivity contribution in [1.82, 2.24) is 4.31 Å². The number of carbonyl (C=O) groups excluding carboxylic acids is 1. The lowest BCUT2D eigenvalue weighted by molar-refractivity contribution is -0.120. The third-order valence-electron chi connectivity index (χ3n) is 4.62. The van der Waals surface area contributed by atoms with Crippen LogP contribution in [0.1, 0.15) is 19.8 Å². The van der Waals surface area contributed by atoms with E-state index in [1.54, 1.807) is 24.3 Å². The molecule has 1 fully saturated rings. The van der Waals surface area contributed by atoms with Gasteiger partial charge in [-0.25, -0.2) is 12.8 Å². The molecule has 0 aliphatic carbocycles. The van der Waals surface area contributed by atoms with Crippen LogP contribution in [0, 0.1) is 11.7 Å². The largest absolute Gasteiger partial charge is 0.494 e. The molecule has 3 rings (SSSR count). The summed E-state index contributed by atoms with van der Waals surface area (Å²) in [6.07, 6.45) is 1.18. The quantitative estimate of drug-likeness (QED) is 0.799. The van der Waals surface area contributed by atoms with E-state index in [2.05, 4.69) is 5.32 Å². The Kier molecular flexibility index (Phi) is 6.31. The van der Waals surface area contributed by atoms with E-state index in [0.717, 1.165) is 12.1 Å². The number of benzene rings is 2. The molecule has 2 aromatic rings. The molecule has 2 aromatic carbocycles. The molecule has 1 unspecified atom stereocenters. The number of amides is 1. The van der Waals surface area contributed by atoms with E-state index in [9.17, 15) is 17.6 Å². The van der Waals surface area contributed by atoms with Crippen LogP contribution in [0.15, 0.2) is 53.4 Å². The Morgan fingerprint density at radius 2 is 2.00 bits per heavy atom. The van der Waals surface area contributed by atoms with Crippen LogP contribution in [0.25, 0.3) is 0 Å². The van der Waals surface area contributed by atoms with Gasteiger partial charge in [0.05, 0.1) is 17.4 Å². The van der Waals surface area contributed by atoms with Gasteiger partial charge in [-0.3, -0.25) is 4.79 Å². The fourth-order valence-electron chi connectivity index (χ4n) is 3.20. The van der Waals surface area contributed by atoms with Gasteiger partial charge >= 0.3 is 0 Å². The van der Waals surface area contributed by atoms with E-state index in [0.29, 0.717) is 37.4 Å². The average Bonchev–Trinajstić information content (AvgIpc) is 2.69. The van der Waals surface area contributed by atoms with Gasteiger partial charge in [0.2, 0.25) is 15.9 Å². The predicted molar refractivity (Wildman–Crippen MR) is 104 cm³/mol. The van der Waals surface area contributed by atoms with Crippen LogP contribution in [-0.2, 0) is 14.8 Å². The number of piperidine rings is 1. The summed E-state index contributed by atoms with van der Waals surface area (Å²) < 4.78 is 45.4. The highest BCUT2D eigenvalue weighted by Gasteiger charge is 2.33. The number of hydrogen-bond acceptors (Lipinski definition) is 4. The molecule has 1 saturated heterocycles. The molecule has 1 heterocycles. The molecule has 0 saturated carbocycles. The minimum Gasteiger partial charge on any atom is -0.494 e. The topological polar surface area (TPSA) is 75.7 Å². The lowest BCUT2D eigenvalue weighted by Gasteiger charge is -2.31. The number of ether oxygens (including phenoxy) is 1. The molecule has 1 aliphatic heterocycles. The number of nitrogens with one attached hydrogen (secondary N) is 1. The number of carbonyl (C=O) groups is 1. The summed E-state index contributed by atoms with van der Waals surface area (Å²) in [5.74, 6) is -0.527. The van der Waals surface area contributed by atoms with Gasteiger partial charge in [-0.05, 0) is 56.2 Å². The van der Waals surface area contributed by atoms with Crippen molar-refractivity contribution in [2.45, 2.75) is 24.7 Å². The molecule has 0 spiro atoms. The number of hydrogen-bond donors (Lipinski definition) is 1. The van der Waals surface area contributed by atoms with Gasteiger partial charge < -0.3 is 10.1 Å². The van der Waals surface area contributed by atoms with Gasteiger partial charge in [0.25, 0.3) is 0 Å². The summed E-state index contributed by atoms with van der Waals surface area (Å²) in [6, 6.07) is 11.8. The second-order valence-electron chi connectivity index (χ2n) is 6.61. The highest BCUT2D eigenvalue weighted by Crippen LogP contribution is 2.25. The summed E-state index contributed by atoms with van der Waals surface area (Å²) >= 11 is 0. The Bertz CT molecular complexity index is 931. The summed E-state index contributed by atoms with van der Waals surface area (Å²) in [6.45, 7) is 2.83. The molecule has 1 aliphatic rings. The van der Waals surface area contributed by atoms with E-state index in [-0.39, 0.29) is 17.3 Å². The van der Waals surface area contributed by atoms with E-state index in [1.807, 2.05) is 6.92 Å². The summed E-state index contributed by atoms with van der Waals surface area (Å²) in [5, 5.41) is 2.84. The monoisotopic (exact) mass is 406 g/mol. The first kappa shape index (κ1) is 20.3. The smallest absolute Gasteiger partial charge is 0.243 e. The molecule has 28 heavy (non-hydrogen) atoms. The number of sulfonamides is 1. The normalized spacial score (nSPS) is 17.9. The highest BCUT2D eigenvalue weighted by molar-refractivity contribution is 7.89. The van der Waals surface area contributed by atoms with Crippen molar-refractivity contribution in [1.29, 1.82) is 0 Å². The zero-order valence-electron chi connectivity index (χ0n) is 15.6. The van der Waals surface area contributed by atoms with Gasteiger partial charge in [0.15, 0.2) is 0 Å².